The molecule has 0 atom stereocenters. The van der Waals surface area contributed by atoms with Crippen molar-refractivity contribution < 1.29 is 15.0 Å². The van der Waals surface area contributed by atoms with Gasteiger partial charge in [-0.05, 0) is 19.1 Å². The van der Waals surface area contributed by atoms with E-state index < -0.39 is 5.97 Å². The molecular formula is C10H12O3. The van der Waals surface area contributed by atoms with E-state index in [1.807, 2.05) is 6.07 Å². The summed E-state index contributed by atoms with van der Waals surface area (Å²) in [6.45, 7) is 1.66. The predicted molar refractivity (Wildman–Crippen MR) is 50.6 cm³/mol. The van der Waals surface area contributed by atoms with Crippen molar-refractivity contribution in [1.82, 2.24) is 0 Å². The third-order valence-electron chi connectivity index (χ3n) is 1.07. The van der Waals surface area contributed by atoms with Crippen molar-refractivity contribution in [1.29, 1.82) is 0 Å². The van der Waals surface area contributed by atoms with Gasteiger partial charge in [0.15, 0.2) is 0 Å². The number of carbonyl (C=O) groups is 1. The number of rotatable bonds is 1. The van der Waals surface area contributed by atoms with Crippen LogP contribution in [0, 0.1) is 0 Å². The number of phenolic OH excluding ortho intramolecular Hbond substituents is 1. The number of carboxylic acid groups (broad SMARTS) is 1. The number of allylic oxidation sites excluding steroid dienone is 1. The van der Waals surface area contributed by atoms with E-state index >= 15 is 0 Å². The molecule has 13 heavy (non-hydrogen) atoms. The molecule has 0 spiro atoms. The number of aliphatic carboxylic acids is 1. The SMILES string of the molecule is CC=CC(=O)O.Oc1ccccc1. The van der Waals surface area contributed by atoms with E-state index in [9.17, 15) is 4.79 Å². The first-order chi connectivity index (χ1) is 6.16. The molecule has 0 saturated heterocycles. The van der Waals surface area contributed by atoms with Gasteiger partial charge in [0.2, 0.25) is 0 Å². The highest BCUT2D eigenvalue weighted by Gasteiger charge is 1.76. The van der Waals surface area contributed by atoms with Gasteiger partial charge in [-0.1, -0.05) is 24.3 Å². The Labute approximate surface area is 77.0 Å². The van der Waals surface area contributed by atoms with Crippen LogP contribution >= 0.6 is 0 Å². The first kappa shape index (κ1) is 11.2. The van der Waals surface area contributed by atoms with Crippen LogP contribution < -0.4 is 0 Å². The molecule has 0 radical (unpaired) electrons. The molecule has 1 aromatic rings. The predicted octanol–water partition coefficient (Wildman–Crippen LogP) is 2.04. The maximum Gasteiger partial charge on any atom is 0.327 e. The zero-order valence-corrected chi connectivity index (χ0v) is 7.34. The number of hydrogen-bond donors (Lipinski definition) is 2. The Morgan fingerprint density at radius 3 is 2.00 bits per heavy atom. The molecule has 3 nitrogen and oxygen atoms in total. The number of para-hydroxylation sites is 1. The summed E-state index contributed by atoms with van der Waals surface area (Å²) in [6, 6.07) is 8.71. The molecular weight excluding hydrogens is 168 g/mol. The summed E-state index contributed by atoms with van der Waals surface area (Å²) >= 11 is 0. The van der Waals surface area contributed by atoms with Crippen LogP contribution in [-0.4, -0.2) is 16.2 Å². The molecule has 1 rings (SSSR count). The van der Waals surface area contributed by atoms with Gasteiger partial charge in [0, 0.05) is 6.08 Å². The van der Waals surface area contributed by atoms with Gasteiger partial charge in [-0.15, -0.1) is 0 Å². The first-order valence-corrected chi connectivity index (χ1v) is 3.76. The summed E-state index contributed by atoms with van der Waals surface area (Å²) < 4.78 is 0. The Hall–Kier alpha value is -1.77. The van der Waals surface area contributed by atoms with E-state index in [0.29, 0.717) is 5.75 Å². The van der Waals surface area contributed by atoms with Crippen molar-refractivity contribution in [2.75, 3.05) is 0 Å². The van der Waals surface area contributed by atoms with E-state index in [4.69, 9.17) is 10.2 Å². The molecule has 0 heterocycles. The van der Waals surface area contributed by atoms with Crippen LogP contribution in [0.5, 0.6) is 5.75 Å². The maximum atomic E-state index is 9.51. The topological polar surface area (TPSA) is 57.5 Å². The Morgan fingerprint density at radius 2 is 1.85 bits per heavy atom. The fraction of sp³-hybridized carbons (Fsp3) is 0.100. The van der Waals surface area contributed by atoms with Crippen LogP contribution in [0.1, 0.15) is 6.92 Å². The minimum Gasteiger partial charge on any atom is -0.508 e. The average Bonchev–Trinajstić information content (AvgIpc) is 2.06. The van der Waals surface area contributed by atoms with Gasteiger partial charge in [0.25, 0.3) is 0 Å². The van der Waals surface area contributed by atoms with E-state index in [1.54, 1.807) is 31.2 Å². The second-order valence-corrected chi connectivity index (χ2v) is 2.17. The van der Waals surface area contributed by atoms with Gasteiger partial charge in [-0.3, -0.25) is 0 Å². The quantitative estimate of drug-likeness (QED) is 0.650. The lowest BCUT2D eigenvalue weighted by molar-refractivity contribution is -0.131. The Morgan fingerprint density at radius 1 is 1.31 bits per heavy atom. The summed E-state index contributed by atoms with van der Waals surface area (Å²) in [5.74, 6) is -0.569. The molecule has 2 N–H and O–H groups in total. The second kappa shape index (κ2) is 6.91. The molecule has 70 valence electrons. The summed E-state index contributed by atoms with van der Waals surface area (Å²) in [7, 11) is 0. The fourth-order valence-corrected chi connectivity index (χ4v) is 0.571. The first-order valence-electron chi connectivity index (χ1n) is 3.76. The van der Waals surface area contributed by atoms with Gasteiger partial charge in [-0.25, -0.2) is 4.79 Å². The maximum absolute atomic E-state index is 9.51. The largest absolute Gasteiger partial charge is 0.508 e. The molecule has 0 aliphatic rings. The van der Waals surface area contributed by atoms with Crippen molar-refractivity contribution in [2.24, 2.45) is 0 Å². The van der Waals surface area contributed by atoms with E-state index in [-0.39, 0.29) is 0 Å². The molecule has 0 unspecified atom stereocenters. The lowest BCUT2D eigenvalue weighted by Crippen LogP contribution is -1.83. The highest BCUT2D eigenvalue weighted by Crippen LogP contribution is 2.02. The summed E-state index contributed by atoms with van der Waals surface area (Å²) in [5, 5.41) is 16.5. The lowest BCUT2D eigenvalue weighted by atomic mass is 10.3. The van der Waals surface area contributed by atoms with Crippen LogP contribution in [-0.2, 0) is 4.79 Å². The molecule has 3 heteroatoms. The van der Waals surface area contributed by atoms with Gasteiger partial charge < -0.3 is 10.2 Å². The molecule has 0 aromatic heterocycles. The minimum atomic E-state index is -0.891. The Bertz CT molecular complexity index is 265. The van der Waals surface area contributed by atoms with E-state index in [0.717, 1.165) is 6.08 Å². The summed E-state index contributed by atoms with van der Waals surface area (Å²) in [4.78, 5) is 9.51. The third-order valence-corrected chi connectivity index (χ3v) is 1.07. The normalized spacial score (nSPS) is 9.00. The average molecular weight is 180 g/mol. The number of phenols is 1. The van der Waals surface area contributed by atoms with Crippen molar-refractivity contribution >= 4 is 5.97 Å². The van der Waals surface area contributed by atoms with Crippen LogP contribution in [0.15, 0.2) is 42.5 Å². The molecule has 0 fully saturated rings. The number of benzene rings is 1. The van der Waals surface area contributed by atoms with Crippen molar-refractivity contribution in [3.05, 3.63) is 42.5 Å². The van der Waals surface area contributed by atoms with E-state index in [2.05, 4.69) is 0 Å². The summed E-state index contributed by atoms with van der Waals surface area (Å²) in [5.41, 5.74) is 0. The van der Waals surface area contributed by atoms with E-state index in [1.165, 1.54) is 6.08 Å². The van der Waals surface area contributed by atoms with Gasteiger partial charge >= 0.3 is 5.97 Å². The zero-order chi connectivity index (χ0) is 10.1. The van der Waals surface area contributed by atoms with Crippen LogP contribution in [0.2, 0.25) is 0 Å². The molecule has 0 saturated carbocycles. The van der Waals surface area contributed by atoms with Crippen LogP contribution in [0.4, 0.5) is 0 Å². The number of hydrogen-bond acceptors (Lipinski definition) is 2. The second-order valence-electron chi connectivity index (χ2n) is 2.17. The molecule has 0 amide bonds. The zero-order valence-electron chi connectivity index (χ0n) is 7.34. The third kappa shape index (κ3) is 8.13. The molecule has 0 aliphatic heterocycles. The molecule has 0 aliphatic carbocycles. The van der Waals surface area contributed by atoms with Gasteiger partial charge in [-0.2, -0.15) is 0 Å². The molecule has 1 aromatic carbocycles. The van der Waals surface area contributed by atoms with Gasteiger partial charge in [0.1, 0.15) is 5.75 Å². The highest BCUT2D eigenvalue weighted by atomic mass is 16.4. The summed E-state index contributed by atoms with van der Waals surface area (Å²) in [6.07, 6.45) is 2.56. The Balaban J connectivity index is 0.000000226. The number of carboxylic acids is 1. The standard InChI is InChI=1S/C6H6O.C4H6O2/c7-6-4-2-1-3-5-6;1-2-3-4(5)6/h1-5,7H;2-3H,1H3,(H,5,6). The lowest BCUT2D eigenvalue weighted by Gasteiger charge is -1.82. The van der Waals surface area contributed by atoms with Crippen LogP contribution in [0.25, 0.3) is 0 Å². The minimum absolute atomic E-state index is 0.322. The van der Waals surface area contributed by atoms with Crippen molar-refractivity contribution in [2.45, 2.75) is 6.92 Å². The van der Waals surface area contributed by atoms with Crippen molar-refractivity contribution in [3.63, 3.8) is 0 Å². The number of aromatic hydroxyl groups is 1. The van der Waals surface area contributed by atoms with Crippen LogP contribution in [0.3, 0.4) is 0 Å². The van der Waals surface area contributed by atoms with Gasteiger partial charge in [0.05, 0.1) is 0 Å². The molecule has 0 bridgehead atoms. The smallest absolute Gasteiger partial charge is 0.327 e. The monoisotopic (exact) mass is 180 g/mol. The fourth-order valence-electron chi connectivity index (χ4n) is 0.571. The highest BCUT2D eigenvalue weighted by molar-refractivity contribution is 5.79. The Kier molecular flexibility index (Phi) is 5.97. The van der Waals surface area contributed by atoms with Crippen molar-refractivity contribution in [3.8, 4) is 5.75 Å².